The number of rotatable bonds is 4. The van der Waals surface area contributed by atoms with E-state index in [1.807, 2.05) is 57.2 Å². The number of para-hydroxylation sites is 2. The fraction of sp³-hybridized carbons (Fsp3) is 0.391. The molecule has 7 heteroatoms. The van der Waals surface area contributed by atoms with E-state index >= 15 is 0 Å². The molecule has 0 aliphatic carbocycles. The first-order chi connectivity index (χ1) is 14.3. The van der Waals surface area contributed by atoms with Crippen LogP contribution in [0.3, 0.4) is 0 Å². The Hall–Kier alpha value is -2.73. The van der Waals surface area contributed by atoms with Crippen molar-refractivity contribution in [1.29, 1.82) is 0 Å². The number of hydrogen-bond donors (Lipinski definition) is 1. The molecule has 1 atom stereocenters. The van der Waals surface area contributed by atoms with Crippen molar-refractivity contribution in [3.63, 3.8) is 0 Å². The van der Waals surface area contributed by atoms with Crippen LogP contribution in [-0.4, -0.2) is 45.3 Å². The maximum absolute atomic E-state index is 12.4. The summed E-state index contributed by atoms with van der Waals surface area (Å²) in [5.41, 5.74) is 2.61. The molecule has 158 valence electrons. The highest BCUT2D eigenvalue weighted by atomic mass is 35.5. The molecule has 1 fully saturated rings. The number of ether oxygens (including phenoxy) is 1. The van der Waals surface area contributed by atoms with Gasteiger partial charge in [-0.2, -0.15) is 0 Å². The van der Waals surface area contributed by atoms with Crippen LogP contribution in [-0.2, 0) is 11.3 Å². The molecular formula is C23H27ClN4O2. The van der Waals surface area contributed by atoms with Gasteiger partial charge < -0.3 is 19.5 Å². The summed E-state index contributed by atoms with van der Waals surface area (Å²) in [7, 11) is 0. The second kappa shape index (κ2) is 8.19. The molecular weight excluding hydrogens is 400 g/mol. The first-order valence-electron chi connectivity index (χ1n) is 10.2. The molecule has 0 bridgehead atoms. The Bertz CT molecular complexity index is 1060. The Kier molecular flexibility index (Phi) is 5.60. The summed E-state index contributed by atoms with van der Waals surface area (Å²) in [6.45, 7) is 7.57. The van der Waals surface area contributed by atoms with E-state index in [0.29, 0.717) is 19.6 Å². The van der Waals surface area contributed by atoms with E-state index in [4.69, 9.17) is 21.3 Å². The average Bonchev–Trinajstić information content (AvgIpc) is 3.26. The van der Waals surface area contributed by atoms with Gasteiger partial charge >= 0.3 is 6.09 Å². The lowest BCUT2D eigenvalue weighted by molar-refractivity contribution is 0.0293. The number of likely N-dealkylation sites (tertiary alicyclic amines) is 1. The minimum absolute atomic E-state index is 0.118. The summed E-state index contributed by atoms with van der Waals surface area (Å²) in [5, 5.41) is 4.27. The molecule has 1 saturated heterocycles. The van der Waals surface area contributed by atoms with Gasteiger partial charge in [0.15, 0.2) is 0 Å². The van der Waals surface area contributed by atoms with Gasteiger partial charge in [0, 0.05) is 24.2 Å². The number of anilines is 1. The Balaban J connectivity index is 1.54. The summed E-state index contributed by atoms with van der Waals surface area (Å²) in [4.78, 5) is 18.9. The number of benzene rings is 2. The SMILES string of the molecule is CC(C)(C)OC(=O)N1CCC(Nc2nc3ccccc3n2Cc2cccc(Cl)c2)C1. The molecule has 1 aliphatic heterocycles. The standard InChI is InChI=1S/C23H27ClN4O2/c1-23(2,3)30-22(29)27-12-11-18(15-27)25-21-26-19-9-4-5-10-20(19)28(21)14-16-7-6-8-17(24)13-16/h4-10,13,18H,11-12,14-15H2,1-3H3,(H,25,26). The first kappa shape index (κ1) is 20.5. The van der Waals surface area contributed by atoms with Crippen molar-refractivity contribution in [3.05, 3.63) is 59.1 Å². The van der Waals surface area contributed by atoms with Crippen LogP contribution in [0.15, 0.2) is 48.5 Å². The molecule has 0 spiro atoms. The van der Waals surface area contributed by atoms with Gasteiger partial charge in [0.2, 0.25) is 5.95 Å². The van der Waals surface area contributed by atoms with Crippen LogP contribution in [0.2, 0.25) is 5.02 Å². The zero-order chi connectivity index (χ0) is 21.3. The van der Waals surface area contributed by atoms with Crippen LogP contribution in [0.25, 0.3) is 11.0 Å². The second-order valence-electron chi connectivity index (χ2n) is 8.70. The van der Waals surface area contributed by atoms with E-state index in [2.05, 4.69) is 22.0 Å². The lowest BCUT2D eigenvalue weighted by atomic mass is 10.2. The number of aromatic nitrogens is 2. The van der Waals surface area contributed by atoms with Crippen molar-refractivity contribution in [1.82, 2.24) is 14.5 Å². The lowest BCUT2D eigenvalue weighted by Crippen LogP contribution is -2.36. The molecule has 3 aromatic rings. The third-order valence-corrected chi connectivity index (χ3v) is 5.29. The second-order valence-corrected chi connectivity index (χ2v) is 9.13. The van der Waals surface area contributed by atoms with E-state index in [0.717, 1.165) is 34.0 Å². The highest BCUT2D eigenvalue weighted by molar-refractivity contribution is 6.30. The quantitative estimate of drug-likeness (QED) is 0.626. The summed E-state index contributed by atoms with van der Waals surface area (Å²) < 4.78 is 7.67. The van der Waals surface area contributed by atoms with Gasteiger partial charge in [-0.3, -0.25) is 0 Å². The van der Waals surface area contributed by atoms with Crippen LogP contribution in [0.1, 0.15) is 32.8 Å². The van der Waals surface area contributed by atoms with Gasteiger partial charge in [-0.05, 0) is 57.0 Å². The fourth-order valence-electron chi connectivity index (χ4n) is 3.72. The summed E-state index contributed by atoms with van der Waals surface area (Å²) in [5.74, 6) is 0.798. The normalized spacial score (nSPS) is 16.8. The van der Waals surface area contributed by atoms with Crippen molar-refractivity contribution in [3.8, 4) is 0 Å². The van der Waals surface area contributed by atoms with Gasteiger partial charge in [0.05, 0.1) is 17.6 Å². The summed E-state index contributed by atoms with van der Waals surface area (Å²) in [6.07, 6.45) is 0.582. The summed E-state index contributed by atoms with van der Waals surface area (Å²) >= 11 is 6.18. The molecule has 4 rings (SSSR count). The van der Waals surface area contributed by atoms with E-state index in [1.165, 1.54) is 0 Å². The van der Waals surface area contributed by atoms with Gasteiger partial charge in [-0.15, -0.1) is 0 Å². The molecule has 1 aliphatic rings. The van der Waals surface area contributed by atoms with Crippen LogP contribution in [0.5, 0.6) is 0 Å². The number of imidazole rings is 1. The van der Waals surface area contributed by atoms with Gasteiger partial charge in [0.1, 0.15) is 5.60 Å². The van der Waals surface area contributed by atoms with Crippen LogP contribution in [0.4, 0.5) is 10.7 Å². The van der Waals surface area contributed by atoms with Gasteiger partial charge in [0.25, 0.3) is 0 Å². The van der Waals surface area contributed by atoms with Crippen LogP contribution < -0.4 is 5.32 Å². The number of nitrogens with one attached hydrogen (secondary N) is 1. The van der Waals surface area contributed by atoms with Crippen molar-refractivity contribution in [2.24, 2.45) is 0 Å². The Morgan fingerprint density at radius 2 is 2.03 bits per heavy atom. The van der Waals surface area contributed by atoms with Gasteiger partial charge in [-0.1, -0.05) is 35.9 Å². The molecule has 0 radical (unpaired) electrons. The number of halogens is 1. The summed E-state index contributed by atoms with van der Waals surface area (Å²) in [6, 6.07) is 16.1. The zero-order valence-corrected chi connectivity index (χ0v) is 18.3. The zero-order valence-electron chi connectivity index (χ0n) is 17.6. The third kappa shape index (κ3) is 4.70. The number of carbonyl (C=O) groups excluding carboxylic acids is 1. The third-order valence-electron chi connectivity index (χ3n) is 5.06. The van der Waals surface area contributed by atoms with Gasteiger partial charge in [-0.25, -0.2) is 9.78 Å². The molecule has 1 N–H and O–H groups in total. The van der Waals surface area contributed by atoms with Crippen molar-refractivity contribution in [2.45, 2.75) is 45.4 Å². The molecule has 1 unspecified atom stereocenters. The van der Waals surface area contributed by atoms with Crippen molar-refractivity contribution < 1.29 is 9.53 Å². The number of fused-ring (bicyclic) bond motifs is 1. The molecule has 6 nitrogen and oxygen atoms in total. The molecule has 1 aromatic heterocycles. The van der Waals surface area contributed by atoms with E-state index in [-0.39, 0.29) is 12.1 Å². The first-order valence-corrected chi connectivity index (χ1v) is 10.6. The monoisotopic (exact) mass is 426 g/mol. The van der Waals surface area contributed by atoms with E-state index < -0.39 is 5.60 Å². The van der Waals surface area contributed by atoms with Crippen LogP contribution >= 0.6 is 11.6 Å². The Morgan fingerprint density at radius 3 is 2.80 bits per heavy atom. The predicted molar refractivity (Wildman–Crippen MR) is 120 cm³/mol. The average molecular weight is 427 g/mol. The Labute approximate surface area is 181 Å². The molecule has 0 saturated carbocycles. The topological polar surface area (TPSA) is 59.4 Å². The molecule has 2 aromatic carbocycles. The maximum Gasteiger partial charge on any atom is 0.410 e. The minimum atomic E-state index is -0.493. The van der Waals surface area contributed by atoms with Crippen molar-refractivity contribution in [2.75, 3.05) is 18.4 Å². The van der Waals surface area contributed by atoms with E-state index in [1.54, 1.807) is 4.90 Å². The smallest absolute Gasteiger partial charge is 0.410 e. The largest absolute Gasteiger partial charge is 0.444 e. The number of hydrogen-bond acceptors (Lipinski definition) is 4. The fourth-order valence-corrected chi connectivity index (χ4v) is 3.93. The highest BCUT2D eigenvalue weighted by Gasteiger charge is 2.30. The molecule has 1 amide bonds. The van der Waals surface area contributed by atoms with Crippen LogP contribution in [0, 0.1) is 0 Å². The number of nitrogens with zero attached hydrogens (tertiary/aromatic N) is 3. The minimum Gasteiger partial charge on any atom is -0.444 e. The number of amides is 1. The lowest BCUT2D eigenvalue weighted by Gasteiger charge is -2.24. The predicted octanol–water partition coefficient (Wildman–Crippen LogP) is 5.16. The molecule has 30 heavy (non-hydrogen) atoms. The number of carbonyl (C=O) groups is 1. The van der Waals surface area contributed by atoms with E-state index in [9.17, 15) is 4.79 Å². The highest BCUT2D eigenvalue weighted by Crippen LogP contribution is 2.25. The maximum atomic E-state index is 12.4. The molecule has 2 heterocycles. The Morgan fingerprint density at radius 1 is 1.23 bits per heavy atom. The van der Waals surface area contributed by atoms with Crippen molar-refractivity contribution >= 4 is 34.7 Å².